The predicted molar refractivity (Wildman–Crippen MR) is 78.5 cm³/mol. The van der Waals surface area contributed by atoms with Crippen LogP contribution in [0, 0.1) is 17.6 Å². The number of alkyl halides is 1. The second-order valence-electron chi connectivity index (χ2n) is 5.72. The number of benzene rings is 1. The van der Waals surface area contributed by atoms with Crippen molar-refractivity contribution in [1.29, 1.82) is 0 Å². The molecule has 4 nitrogen and oxygen atoms in total. The molecule has 0 bridgehead atoms. The van der Waals surface area contributed by atoms with Crippen LogP contribution in [0.25, 0.3) is 11.3 Å². The highest BCUT2D eigenvalue weighted by Gasteiger charge is 2.29. The van der Waals surface area contributed by atoms with Gasteiger partial charge in [-0.25, -0.2) is 8.78 Å². The minimum Gasteiger partial charge on any atom is -0.337 e. The van der Waals surface area contributed by atoms with Gasteiger partial charge in [-0.15, -0.1) is 0 Å². The van der Waals surface area contributed by atoms with E-state index in [4.69, 9.17) is 0 Å². The molecule has 1 unspecified atom stereocenters. The molecule has 23 heavy (non-hydrogen) atoms. The fourth-order valence-electron chi connectivity index (χ4n) is 2.80. The van der Waals surface area contributed by atoms with E-state index in [1.54, 1.807) is 11.9 Å². The number of hydrogen-bond donors (Lipinski definition) is 0. The second-order valence-corrected chi connectivity index (χ2v) is 5.72. The molecule has 1 aromatic heterocycles. The van der Waals surface area contributed by atoms with Crippen molar-refractivity contribution in [3.8, 4) is 11.3 Å². The number of aryl methyl sites for hydroxylation is 1. The standard InChI is InChI=1S/C16H16F3N3O/c1-21-15(16(23)22-5-4-10(8-17)9-22)7-14(20-21)12-3-2-11(18)6-13(12)19/h2-3,6-7,10H,4-5,8-9H2,1H3. The number of carbonyl (C=O) groups is 1. The van der Waals surface area contributed by atoms with Crippen molar-refractivity contribution in [1.82, 2.24) is 14.7 Å². The summed E-state index contributed by atoms with van der Waals surface area (Å²) < 4.78 is 40.9. The molecule has 2 aromatic rings. The zero-order valence-corrected chi connectivity index (χ0v) is 12.6. The first-order chi connectivity index (χ1) is 11.0. The van der Waals surface area contributed by atoms with Gasteiger partial charge in [0.25, 0.3) is 5.91 Å². The van der Waals surface area contributed by atoms with E-state index in [1.165, 1.54) is 16.8 Å². The largest absolute Gasteiger partial charge is 0.337 e. The summed E-state index contributed by atoms with van der Waals surface area (Å²) in [6.45, 7) is 0.431. The van der Waals surface area contributed by atoms with Gasteiger partial charge in [-0.2, -0.15) is 5.10 Å². The molecule has 1 aliphatic heterocycles. The molecule has 0 spiro atoms. The Bertz CT molecular complexity index is 744. The topological polar surface area (TPSA) is 38.1 Å². The minimum atomic E-state index is -0.735. The average molecular weight is 323 g/mol. The lowest BCUT2D eigenvalue weighted by Gasteiger charge is -2.15. The van der Waals surface area contributed by atoms with Crippen molar-refractivity contribution >= 4 is 5.91 Å². The van der Waals surface area contributed by atoms with E-state index in [9.17, 15) is 18.0 Å². The number of hydrogen-bond acceptors (Lipinski definition) is 2. The Morgan fingerprint density at radius 2 is 2.13 bits per heavy atom. The van der Waals surface area contributed by atoms with Crippen molar-refractivity contribution in [2.45, 2.75) is 6.42 Å². The molecule has 0 N–H and O–H groups in total. The molecule has 3 rings (SSSR count). The molecule has 1 amide bonds. The summed E-state index contributed by atoms with van der Waals surface area (Å²) in [5.41, 5.74) is 0.682. The Morgan fingerprint density at radius 1 is 1.35 bits per heavy atom. The van der Waals surface area contributed by atoms with Crippen molar-refractivity contribution in [2.24, 2.45) is 13.0 Å². The van der Waals surface area contributed by atoms with Crippen LogP contribution in [-0.2, 0) is 7.05 Å². The Labute approximate surface area is 131 Å². The van der Waals surface area contributed by atoms with E-state index in [2.05, 4.69) is 5.10 Å². The Balaban J connectivity index is 1.88. The summed E-state index contributed by atoms with van der Waals surface area (Å²) >= 11 is 0. The number of rotatable bonds is 3. The first kappa shape index (κ1) is 15.6. The summed E-state index contributed by atoms with van der Waals surface area (Å²) in [6, 6.07) is 4.68. The van der Waals surface area contributed by atoms with Gasteiger partial charge in [-0.3, -0.25) is 13.9 Å². The predicted octanol–water partition coefficient (Wildman–Crippen LogP) is 2.80. The van der Waals surface area contributed by atoms with Crippen LogP contribution in [0.5, 0.6) is 0 Å². The molecular weight excluding hydrogens is 307 g/mol. The average Bonchev–Trinajstić information content (AvgIpc) is 3.13. The maximum atomic E-state index is 13.8. The number of likely N-dealkylation sites (tertiary alicyclic amines) is 1. The summed E-state index contributed by atoms with van der Waals surface area (Å²) in [5, 5.41) is 4.14. The molecule has 1 saturated heterocycles. The fourth-order valence-corrected chi connectivity index (χ4v) is 2.80. The van der Waals surface area contributed by atoms with Crippen LogP contribution in [-0.4, -0.2) is 40.4 Å². The van der Waals surface area contributed by atoms with Crippen molar-refractivity contribution < 1.29 is 18.0 Å². The van der Waals surface area contributed by atoms with Gasteiger partial charge in [-0.05, 0) is 24.6 Å². The van der Waals surface area contributed by atoms with Crippen LogP contribution in [0.1, 0.15) is 16.9 Å². The van der Waals surface area contributed by atoms with E-state index in [0.29, 0.717) is 25.2 Å². The molecule has 0 saturated carbocycles. The van der Waals surface area contributed by atoms with Crippen LogP contribution in [0.15, 0.2) is 24.3 Å². The lowest BCUT2D eigenvalue weighted by Crippen LogP contribution is -2.30. The zero-order chi connectivity index (χ0) is 16.6. The number of halogens is 3. The highest BCUT2D eigenvalue weighted by Crippen LogP contribution is 2.25. The summed E-state index contributed by atoms with van der Waals surface area (Å²) in [4.78, 5) is 14.1. The van der Waals surface area contributed by atoms with E-state index >= 15 is 0 Å². The smallest absolute Gasteiger partial charge is 0.272 e. The van der Waals surface area contributed by atoms with Gasteiger partial charge >= 0.3 is 0 Å². The molecule has 1 aliphatic rings. The Kier molecular flexibility index (Phi) is 4.11. The van der Waals surface area contributed by atoms with Crippen molar-refractivity contribution in [3.05, 3.63) is 41.6 Å². The quantitative estimate of drug-likeness (QED) is 0.871. The van der Waals surface area contributed by atoms with Crippen LogP contribution in [0.2, 0.25) is 0 Å². The molecule has 0 aliphatic carbocycles. The molecule has 122 valence electrons. The van der Waals surface area contributed by atoms with Gasteiger partial charge in [0.15, 0.2) is 0 Å². The fraction of sp³-hybridized carbons (Fsp3) is 0.375. The lowest BCUT2D eigenvalue weighted by atomic mass is 10.1. The Morgan fingerprint density at radius 3 is 2.78 bits per heavy atom. The van der Waals surface area contributed by atoms with Gasteiger partial charge < -0.3 is 4.90 Å². The number of aromatic nitrogens is 2. The monoisotopic (exact) mass is 323 g/mol. The van der Waals surface area contributed by atoms with Crippen LogP contribution >= 0.6 is 0 Å². The molecule has 0 radical (unpaired) electrons. The molecule has 7 heteroatoms. The van der Waals surface area contributed by atoms with E-state index < -0.39 is 18.3 Å². The Hall–Kier alpha value is -2.31. The third kappa shape index (κ3) is 2.95. The number of amides is 1. The summed E-state index contributed by atoms with van der Waals surface area (Å²) in [7, 11) is 1.58. The zero-order valence-electron chi connectivity index (χ0n) is 12.6. The van der Waals surface area contributed by atoms with Crippen LogP contribution in [0.3, 0.4) is 0 Å². The van der Waals surface area contributed by atoms with Crippen LogP contribution in [0.4, 0.5) is 13.2 Å². The molecular formula is C16H16F3N3O. The van der Waals surface area contributed by atoms with E-state index in [-0.39, 0.29) is 23.1 Å². The van der Waals surface area contributed by atoms with E-state index in [0.717, 1.165) is 12.1 Å². The van der Waals surface area contributed by atoms with Crippen molar-refractivity contribution in [3.63, 3.8) is 0 Å². The number of carbonyl (C=O) groups excluding carboxylic acids is 1. The minimum absolute atomic E-state index is 0.124. The maximum Gasteiger partial charge on any atom is 0.272 e. The van der Waals surface area contributed by atoms with Gasteiger partial charge in [0.1, 0.15) is 17.3 Å². The molecule has 1 fully saturated rings. The highest BCUT2D eigenvalue weighted by atomic mass is 19.1. The number of nitrogens with zero attached hydrogens (tertiary/aromatic N) is 3. The maximum absolute atomic E-state index is 13.8. The first-order valence-electron chi connectivity index (χ1n) is 7.34. The van der Waals surface area contributed by atoms with E-state index in [1.807, 2.05) is 0 Å². The highest BCUT2D eigenvalue weighted by molar-refractivity contribution is 5.94. The van der Waals surface area contributed by atoms with Gasteiger partial charge in [0.2, 0.25) is 0 Å². The van der Waals surface area contributed by atoms with Crippen molar-refractivity contribution in [2.75, 3.05) is 19.8 Å². The normalized spacial score (nSPS) is 17.7. The van der Waals surface area contributed by atoms with Gasteiger partial charge in [-0.1, -0.05) is 0 Å². The first-order valence-corrected chi connectivity index (χ1v) is 7.34. The summed E-state index contributed by atoms with van der Waals surface area (Å²) in [6.07, 6.45) is 0.638. The lowest BCUT2D eigenvalue weighted by molar-refractivity contribution is 0.0774. The molecule has 1 atom stereocenters. The summed E-state index contributed by atoms with van der Waals surface area (Å²) in [5.74, 6) is -1.79. The second kappa shape index (κ2) is 6.06. The molecule has 1 aromatic carbocycles. The van der Waals surface area contributed by atoms with Gasteiger partial charge in [0, 0.05) is 37.7 Å². The third-order valence-electron chi connectivity index (χ3n) is 4.10. The van der Waals surface area contributed by atoms with Gasteiger partial charge in [0.05, 0.1) is 12.4 Å². The third-order valence-corrected chi connectivity index (χ3v) is 4.10. The van der Waals surface area contributed by atoms with Crippen LogP contribution < -0.4 is 0 Å². The SMILES string of the molecule is Cn1nc(-c2ccc(F)cc2F)cc1C(=O)N1CCC(CF)C1. The molecule has 2 heterocycles.